The Morgan fingerprint density at radius 2 is 2.10 bits per heavy atom. The average Bonchev–Trinajstić information content (AvgIpc) is 3.05. The van der Waals surface area contributed by atoms with Gasteiger partial charge in [0.15, 0.2) is 0 Å². The van der Waals surface area contributed by atoms with E-state index >= 15 is 0 Å². The van der Waals surface area contributed by atoms with Crippen molar-refractivity contribution in [2.45, 2.75) is 25.8 Å². The second-order valence-corrected chi connectivity index (χ2v) is 7.10. The minimum absolute atomic E-state index is 0.287. The van der Waals surface area contributed by atoms with Gasteiger partial charge in [0.05, 0.1) is 27.9 Å². The van der Waals surface area contributed by atoms with Crippen molar-refractivity contribution in [3.8, 4) is 0 Å². The van der Waals surface area contributed by atoms with Crippen LogP contribution < -0.4 is 0 Å². The Balaban J connectivity index is 2.09. The van der Waals surface area contributed by atoms with Crippen LogP contribution in [0.1, 0.15) is 22.5 Å². The van der Waals surface area contributed by atoms with E-state index in [1.165, 1.54) is 15.8 Å². The van der Waals surface area contributed by atoms with Gasteiger partial charge in [0.25, 0.3) is 0 Å². The molecular formula is C15H13BrClFN2S. The maximum atomic E-state index is 13.8. The van der Waals surface area contributed by atoms with Crippen LogP contribution in [0.25, 0.3) is 11.0 Å². The molecule has 0 unspecified atom stereocenters. The van der Waals surface area contributed by atoms with Gasteiger partial charge in [-0.25, -0.2) is 9.37 Å². The standard InChI is InChI=1S/C15H13BrClFN2S/c1-2-9-3-4-10(21-9)8-20-14-6-12(18)11(16)5-13(14)19-15(20)7-17/h3-6H,2,7-8H2,1H3. The molecule has 0 fully saturated rings. The molecule has 0 aliphatic rings. The molecular weight excluding hydrogens is 375 g/mol. The number of hydrogen-bond donors (Lipinski definition) is 0. The monoisotopic (exact) mass is 386 g/mol. The van der Waals surface area contributed by atoms with E-state index in [9.17, 15) is 4.39 Å². The summed E-state index contributed by atoms with van der Waals surface area (Å²) >= 11 is 11.0. The quantitative estimate of drug-likeness (QED) is 0.552. The normalized spacial score (nSPS) is 11.4. The number of fused-ring (bicyclic) bond motifs is 1. The number of aryl methyl sites for hydroxylation is 1. The molecule has 0 N–H and O–H groups in total. The van der Waals surface area contributed by atoms with Crippen LogP contribution in [0.3, 0.4) is 0 Å². The Bertz CT molecular complexity index is 796. The third-order valence-corrected chi connectivity index (χ3v) is 5.43. The molecule has 0 spiro atoms. The summed E-state index contributed by atoms with van der Waals surface area (Å²) in [5, 5.41) is 0. The number of alkyl halides is 1. The summed E-state index contributed by atoms with van der Waals surface area (Å²) in [7, 11) is 0. The van der Waals surface area contributed by atoms with Gasteiger partial charge in [-0.1, -0.05) is 6.92 Å². The van der Waals surface area contributed by atoms with Crippen LogP contribution in [0, 0.1) is 5.82 Å². The molecule has 0 atom stereocenters. The average molecular weight is 388 g/mol. The van der Waals surface area contributed by atoms with Gasteiger partial charge in [-0.05, 0) is 40.5 Å². The van der Waals surface area contributed by atoms with E-state index in [2.05, 4.69) is 40.0 Å². The van der Waals surface area contributed by atoms with Gasteiger partial charge in [0, 0.05) is 15.8 Å². The van der Waals surface area contributed by atoms with Crippen LogP contribution in [0.5, 0.6) is 0 Å². The highest BCUT2D eigenvalue weighted by atomic mass is 79.9. The molecule has 2 nitrogen and oxygen atoms in total. The van der Waals surface area contributed by atoms with Crippen molar-refractivity contribution in [2.24, 2.45) is 0 Å². The fourth-order valence-corrected chi connectivity index (χ4v) is 3.78. The molecule has 3 rings (SSSR count). The molecule has 1 aromatic carbocycles. The number of imidazole rings is 1. The SMILES string of the molecule is CCc1ccc(Cn2c(CCl)nc3cc(Br)c(F)cc32)s1. The highest BCUT2D eigenvalue weighted by Crippen LogP contribution is 2.27. The summed E-state index contributed by atoms with van der Waals surface area (Å²) in [6.07, 6.45) is 1.03. The first-order valence-corrected chi connectivity index (χ1v) is 8.74. The summed E-state index contributed by atoms with van der Waals surface area (Å²) in [5.74, 6) is 0.778. The Morgan fingerprint density at radius 3 is 2.76 bits per heavy atom. The van der Waals surface area contributed by atoms with Gasteiger partial charge in [-0.2, -0.15) is 0 Å². The van der Waals surface area contributed by atoms with E-state index in [-0.39, 0.29) is 5.82 Å². The molecule has 0 saturated heterocycles. The lowest BCUT2D eigenvalue weighted by molar-refractivity contribution is 0.621. The molecule has 0 saturated carbocycles. The predicted molar refractivity (Wildman–Crippen MR) is 89.7 cm³/mol. The van der Waals surface area contributed by atoms with Crippen LogP contribution >= 0.6 is 38.9 Å². The van der Waals surface area contributed by atoms with Gasteiger partial charge in [-0.15, -0.1) is 22.9 Å². The molecule has 6 heteroatoms. The lowest BCUT2D eigenvalue weighted by Gasteiger charge is -2.06. The molecule has 0 aliphatic carbocycles. The fraction of sp³-hybridized carbons (Fsp3) is 0.267. The van der Waals surface area contributed by atoms with E-state index in [0.717, 1.165) is 23.3 Å². The van der Waals surface area contributed by atoms with Gasteiger partial charge in [0.1, 0.15) is 11.6 Å². The molecule has 0 aliphatic heterocycles. The first kappa shape index (κ1) is 15.0. The maximum absolute atomic E-state index is 13.8. The Hall–Kier alpha value is -0.910. The molecule has 0 radical (unpaired) electrons. The lowest BCUT2D eigenvalue weighted by atomic mass is 10.3. The van der Waals surface area contributed by atoms with Crippen LogP contribution in [0.15, 0.2) is 28.7 Å². The van der Waals surface area contributed by atoms with Crippen LogP contribution in [-0.4, -0.2) is 9.55 Å². The van der Waals surface area contributed by atoms with Crippen molar-refractivity contribution in [2.75, 3.05) is 0 Å². The Morgan fingerprint density at radius 1 is 1.33 bits per heavy atom. The van der Waals surface area contributed by atoms with Crippen molar-refractivity contribution in [1.82, 2.24) is 9.55 Å². The summed E-state index contributed by atoms with van der Waals surface area (Å²) in [4.78, 5) is 7.06. The molecule has 0 bridgehead atoms. The van der Waals surface area contributed by atoms with Crippen LogP contribution in [-0.2, 0) is 18.8 Å². The first-order valence-electron chi connectivity index (χ1n) is 6.60. The van der Waals surface area contributed by atoms with E-state index in [0.29, 0.717) is 16.9 Å². The van der Waals surface area contributed by atoms with E-state index in [1.807, 2.05) is 4.57 Å². The van der Waals surface area contributed by atoms with E-state index in [4.69, 9.17) is 11.6 Å². The second kappa shape index (κ2) is 6.07. The van der Waals surface area contributed by atoms with Gasteiger partial charge < -0.3 is 4.57 Å². The Kier molecular flexibility index (Phi) is 4.33. The zero-order valence-corrected chi connectivity index (χ0v) is 14.5. The molecule has 21 heavy (non-hydrogen) atoms. The van der Waals surface area contributed by atoms with Crippen molar-refractivity contribution < 1.29 is 4.39 Å². The summed E-state index contributed by atoms with van der Waals surface area (Å²) in [6.45, 7) is 2.81. The van der Waals surface area contributed by atoms with Gasteiger partial charge >= 0.3 is 0 Å². The largest absolute Gasteiger partial charge is 0.322 e. The van der Waals surface area contributed by atoms with Crippen molar-refractivity contribution in [3.63, 3.8) is 0 Å². The van der Waals surface area contributed by atoms with Crippen molar-refractivity contribution in [3.05, 3.63) is 50.1 Å². The number of rotatable bonds is 4. The van der Waals surface area contributed by atoms with Crippen molar-refractivity contribution in [1.29, 1.82) is 0 Å². The van der Waals surface area contributed by atoms with Crippen LogP contribution in [0.2, 0.25) is 0 Å². The molecule has 110 valence electrons. The predicted octanol–water partition coefficient (Wildman–Crippen LogP) is 5.35. The van der Waals surface area contributed by atoms with Gasteiger partial charge in [0.2, 0.25) is 0 Å². The second-order valence-electron chi connectivity index (χ2n) is 4.72. The summed E-state index contributed by atoms with van der Waals surface area (Å²) in [5.41, 5.74) is 1.53. The van der Waals surface area contributed by atoms with E-state index < -0.39 is 0 Å². The number of nitrogens with zero attached hydrogens (tertiary/aromatic N) is 2. The highest BCUT2D eigenvalue weighted by Gasteiger charge is 2.14. The molecule has 2 heterocycles. The Labute approximate surface area is 139 Å². The first-order chi connectivity index (χ1) is 10.1. The minimum atomic E-state index is -0.287. The molecule has 3 aromatic rings. The number of thiophene rings is 1. The lowest BCUT2D eigenvalue weighted by Crippen LogP contribution is -2.02. The van der Waals surface area contributed by atoms with Crippen molar-refractivity contribution >= 4 is 49.9 Å². The minimum Gasteiger partial charge on any atom is -0.322 e. The fourth-order valence-electron chi connectivity index (χ4n) is 2.30. The van der Waals surface area contributed by atoms with Gasteiger partial charge in [-0.3, -0.25) is 0 Å². The zero-order valence-electron chi connectivity index (χ0n) is 11.4. The maximum Gasteiger partial charge on any atom is 0.139 e. The zero-order chi connectivity index (χ0) is 15.0. The number of halogens is 3. The summed E-state index contributed by atoms with van der Waals surface area (Å²) in [6, 6.07) is 7.46. The van der Waals surface area contributed by atoms with E-state index in [1.54, 1.807) is 17.4 Å². The smallest absolute Gasteiger partial charge is 0.139 e. The third kappa shape index (κ3) is 2.87. The number of benzene rings is 1. The molecule has 0 amide bonds. The third-order valence-electron chi connectivity index (χ3n) is 3.37. The summed E-state index contributed by atoms with van der Waals surface area (Å²) < 4.78 is 16.2. The highest BCUT2D eigenvalue weighted by molar-refractivity contribution is 9.10. The number of hydrogen-bond acceptors (Lipinski definition) is 2. The molecule has 2 aromatic heterocycles. The van der Waals surface area contributed by atoms with Crippen LogP contribution in [0.4, 0.5) is 4.39 Å². The number of aromatic nitrogens is 2. The topological polar surface area (TPSA) is 17.8 Å².